The van der Waals surface area contributed by atoms with Gasteiger partial charge < -0.3 is 14.2 Å². The predicted octanol–water partition coefficient (Wildman–Crippen LogP) is 3.28. The number of furan rings is 1. The van der Waals surface area contributed by atoms with Crippen molar-refractivity contribution in [1.82, 2.24) is 0 Å². The van der Waals surface area contributed by atoms with Crippen molar-refractivity contribution >= 4 is 27.8 Å². The number of hydrogen-bond donors (Lipinski definition) is 1. The molecule has 0 fully saturated rings. The van der Waals surface area contributed by atoms with E-state index in [1.165, 1.54) is 0 Å². The summed E-state index contributed by atoms with van der Waals surface area (Å²) >= 11 is 0. The van der Waals surface area contributed by atoms with Gasteiger partial charge in [-0.3, -0.25) is 0 Å². The highest BCUT2D eigenvalue weighted by Crippen LogP contribution is 2.31. The van der Waals surface area contributed by atoms with Crippen molar-refractivity contribution in [1.29, 1.82) is 0 Å². The molecular weight excluding hydrogens is 230 g/mol. The van der Waals surface area contributed by atoms with Crippen molar-refractivity contribution in [2.75, 3.05) is 11.9 Å². The number of fused-ring (bicyclic) bond motifs is 3. The standard InChI is InChI=1S/C14H13NO3/c1-3-15-13-8(2)11-12(18-13)9-6-4-5-7-10(9)17-14(11)16/h4-7,15H,3H2,1-2H3. The summed E-state index contributed by atoms with van der Waals surface area (Å²) < 4.78 is 11.1. The van der Waals surface area contributed by atoms with Crippen LogP contribution in [0.1, 0.15) is 12.5 Å². The van der Waals surface area contributed by atoms with Crippen LogP contribution in [-0.4, -0.2) is 6.54 Å². The summed E-state index contributed by atoms with van der Waals surface area (Å²) in [6, 6.07) is 7.38. The Kier molecular flexibility index (Phi) is 2.37. The van der Waals surface area contributed by atoms with E-state index in [4.69, 9.17) is 8.83 Å². The van der Waals surface area contributed by atoms with Gasteiger partial charge in [-0.1, -0.05) is 12.1 Å². The Morgan fingerprint density at radius 1 is 1.22 bits per heavy atom. The largest absolute Gasteiger partial charge is 0.439 e. The average molecular weight is 243 g/mol. The lowest BCUT2D eigenvalue weighted by molar-refractivity contribution is 0.565. The topological polar surface area (TPSA) is 55.4 Å². The van der Waals surface area contributed by atoms with Gasteiger partial charge in [0.1, 0.15) is 11.0 Å². The maximum Gasteiger partial charge on any atom is 0.347 e. The number of hydrogen-bond acceptors (Lipinski definition) is 4. The lowest BCUT2D eigenvalue weighted by atomic mass is 10.1. The van der Waals surface area contributed by atoms with Gasteiger partial charge in [0.05, 0.1) is 5.39 Å². The van der Waals surface area contributed by atoms with Gasteiger partial charge >= 0.3 is 5.63 Å². The van der Waals surface area contributed by atoms with Crippen LogP contribution in [0.5, 0.6) is 0 Å². The summed E-state index contributed by atoms with van der Waals surface area (Å²) in [6.07, 6.45) is 0. The Labute approximate surface area is 103 Å². The third-order valence-electron chi connectivity index (χ3n) is 3.02. The molecule has 0 spiro atoms. The highest BCUT2D eigenvalue weighted by molar-refractivity contribution is 6.03. The number of aryl methyl sites for hydroxylation is 1. The molecule has 0 aliphatic carbocycles. The normalized spacial score (nSPS) is 11.2. The fourth-order valence-corrected chi connectivity index (χ4v) is 2.17. The molecule has 4 heteroatoms. The van der Waals surface area contributed by atoms with E-state index >= 15 is 0 Å². The highest BCUT2D eigenvalue weighted by atomic mass is 16.4. The zero-order valence-electron chi connectivity index (χ0n) is 10.2. The van der Waals surface area contributed by atoms with Crippen LogP contribution in [-0.2, 0) is 0 Å². The number of nitrogens with one attached hydrogen (secondary N) is 1. The minimum absolute atomic E-state index is 0.353. The predicted molar refractivity (Wildman–Crippen MR) is 71.2 cm³/mol. The van der Waals surface area contributed by atoms with Crippen molar-refractivity contribution in [3.63, 3.8) is 0 Å². The molecule has 0 amide bonds. The van der Waals surface area contributed by atoms with E-state index in [-0.39, 0.29) is 5.63 Å². The van der Waals surface area contributed by atoms with Crippen molar-refractivity contribution in [3.8, 4) is 0 Å². The number of anilines is 1. The smallest absolute Gasteiger partial charge is 0.347 e. The van der Waals surface area contributed by atoms with E-state index in [1.54, 1.807) is 6.07 Å². The Morgan fingerprint density at radius 2 is 2.00 bits per heavy atom. The van der Waals surface area contributed by atoms with Gasteiger partial charge in [-0.05, 0) is 26.0 Å². The zero-order chi connectivity index (χ0) is 12.7. The van der Waals surface area contributed by atoms with Gasteiger partial charge in [-0.2, -0.15) is 0 Å². The molecule has 0 saturated carbocycles. The maximum atomic E-state index is 12.0. The van der Waals surface area contributed by atoms with Crippen molar-refractivity contribution in [3.05, 3.63) is 40.2 Å². The van der Waals surface area contributed by atoms with Crippen molar-refractivity contribution < 1.29 is 8.83 Å². The molecule has 1 aromatic carbocycles. The molecule has 1 N–H and O–H groups in total. The van der Waals surface area contributed by atoms with Crippen LogP contribution in [0.3, 0.4) is 0 Å². The Hall–Kier alpha value is -2.23. The second-order valence-corrected chi connectivity index (χ2v) is 4.18. The van der Waals surface area contributed by atoms with Crippen molar-refractivity contribution in [2.45, 2.75) is 13.8 Å². The molecule has 3 rings (SSSR count). The summed E-state index contributed by atoms with van der Waals surface area (Å²) in [5, 5.41) is 4.45. The van der Waals surface area contributed by atoms with E-state index in [0.29, 0.717) is 22.4 Å². The zero-order valence-corrected chi connectivity index (χ0v) is 10.2. The van der Waals surface area contributed by atoms with Crippen molar-refractivity contribution in [2.24, 2.45) is 0 Å². The molecule has 92 valence electrons. The summed E-state index contributed by atoms with van der Waals surface area (Å²) in [7, 11) is 0. The second kappa shape index (κ2) is 3.91. The van der Waals surface area contributed by atoms with Crippen LogP contribution in [0.2, 0.25) is 0 Å². The van der Waals surface area contributed by atoms with E-state index in [9.17, 15) is 4.79 Å². The van der Waals surface area contributed by atoms with Crippen LogP contribution in [0.25, 0.3) is 21.9 Å². The maximum absolute atomic E-state index is 12.0. The van der Waals surface area contributed by atoms with Gasteiger partial charge in [0.25, 0.3) is 0 Å². The Morgan fingerprint density at radius 3 is 2.78 bits per heavy atom. The monoisotopic (exact) mass is 243 g/mol. The fourth-order valence-electron chi connectivity index (χ4n) is 2.17. The minimum atomic E-state index is -0.353. The van der Waals surface area contributed by atoms with E-state index < -0.39 is 0 Å². The van der Waals surface area contributed by atoms with E-state index in [1.807, 2.05) is 32.0 Å². The number of benzene rings is 1. The third-order valence-corrected chi connectivity index (χ3v) is 3.02. The minimum Gasteiger partial charge on any atom is -0.439 e. The Bertz CT molecular complexity index is 783. The Balaban J connectivity index is 2.49. The molecule has 0 atom stereocenters. The van der Waals surface area contributed by atoms with Gasteiger partial charge in [0.2, 0.25) is 0 Å². The SMILES string of the molecule is CCNc1oc2c(c1C)c(=O)oc1ccccc12. The van der Waals surface area contributed by atoms with Crippen LogP contribution >= 0.6 is 0 Å². The number of rotatable bonds is 2. The lowest BCUT2D eigenvalue weighted by Crippen LogP contribution is -2.00. The molecule has 2 aromatic heterocycles. The first-order valence-electron chi connectivity index (χ1n) is 5.91. The second-order valence-electron chi connectivity index (χ2n) is 4.18. The van der Waals surface area contributed by atoms with Gasteiger partial charge in [0, 0.05) is 12.1 Å². The molecule has 2 heterocycles. The first-order valence-corrected chi connectivity index (χ1v) is 5.91. The van der Waals surface area contributed by atoms with Gasteiger partial charge in [-0.25, -0.2) is 4.79 Å². The molecule has 0 unspecified atom stereocenters. The highest BCUT2D eigenvalue weighted by Gasteiger charge is 2.17. The molecule has 0 saturated heterocycles. The summed E-state index contributed by atoms with van der Waals surface area (Å²) in [5.41, 5.74) is 1.59. The quantitative estimate of drug-likeness (QED) is 0.702. The first kappa shape index (κ1) is 10.9. The summed E-state index contributed by atoms with van der Waals surface area (Å²) in [4.78, 5) is 12.0. The molecule has 18 heavy (non-hydrogen) atoms. The van der Waals surface area contributed by atoms with Gasteiger partial charge in [-0.15, -0.1) is 0 Å². The third kappa shape index (κ3) is 1.42. The van der Waals surface area contributed by atoms with Gasteiger partial charge in [0.15, 0.2) is 11.5 Å². The first-order chi connectivity index (χ1) is 8.72. The molecule has 4 nitrogen and oxygen atoms in total. The van der Waals surface area contributed by atoms with E-state index in [0.717, 1.165) is 17.5 Å². The summed E-state index contributed by atoms with van der Waals surface area (Å²) in [6.45, 7) is 4.58. The molecule has 0 radical (unpaired) electrons. The fraction of sp³-hybridized carbons (Fsp3) is 0.214. The van der Waals surface area contributed by atoms with Crippen LogP contribution in [0.4, 0.5) is 5.88 Å². The van der Waals surface area contributed by atoms with Crippen LogP contribution in [0, 0.1) is 6.92 Å². The van der Waals surface area contributed by atoms with Crippen LogP contribution in [0.15, 0.2) is 37.9 Å². The molecule has 3 aromatic rings. The lowest BCUT2D eigenvalue weighted by Gasteiger charge is -1.97. The molecular formula is C14H13NO3. The van der Waals surface area contributed by atoms with Crippen LogP contribution < -0.4 is 10.9 Å². The van der Waals surface area contributed by atoms with E-state index in [2.05, 4.69) is 5.32 Å². The summed E-state index contributed by atoms with van der Waals surface area (Å²) in [5.74, 6) is 0.635. The molecule has 0 bridgehead atoms. The molecule has 0 aliphatic heterocycles. The average Bonchev–Trinajstić information content (AvgIpc) is 2.69. The molecule has 0 aliphatic rings. The number of para-hydroxylation sites is 1.